The highest BCUT2D eigenvalue weighted by Gasteiger charge is 2.45. The van der Waals surface area contributed by atoms with Crippen LogP contribution in [0.3, 0.4) is 0 Å². The molecule has 0 bridgehead atoms. The van der Waals surface area contributed by atoms with E-state index in [2.05, 4.69) is 28.0 Å². The molecule has 3 heterocycles. The van der Waals surface area contributed by atoms with Crippen molar-refractivity contribution in [2.24, 2.45) is 5.41 Å². The molecule has 5 rings (SSSR count). The number of rotatable bonds is 3. The van der Waals surface area contributed by atoms with Gasteiger partial charge < -0.3 is 9.32 Å². The van der Waals surface area contributed by atoms with Crippen LogP contribution in [0.5, 0.6) is 0 Å². The van der Waals surface area contributed by atoms with E-state index >= 15 is 0 Å². The standard InChI is InChI=1S/C21H26N2O2/c24-20-6-9-21(15-23(20)18-3-4-18)8-1-10-22(14-21)13-16-2-5-19-17(12-16)7-11-25-19/h2,5,7,11-12,18H,1,3-4,6,8-10,13-15H2/t21-/m0/s1. The van der Waals surface area contributed by atoms with Gasteiger partial charge in [0.2, 0.25) is 5.91 Å². The van der Waals surface area contributed by atoms with Gasteiger partial charge in [-0.3, -0.25) is 9.69 Å². The van der Waals surface area contributed by atoms with Crippen molar-refractivity contribution in [2.45, 2.75) is 51.1 Å². The molecule has 2 aromatic rings. The second-order valence-corrected chi connectivity index (χ2v) is 8.36. The first-order valence-corrected chi connectivity index (χ1v) is 9.69. The van der Waals surface area contributed by atoms with Crippen LogP contribution in [0, 0.1) is 5.41 Å². The van der Waals surface area contributed by atoms with Crippen molar-refractivity contribution in [1.29, 1.82) is 0 Å². The molecule has 4 heteroatoms. The van der Waals surface area contributed by atoms with Crippen LogP contribution in [0.4, 0.5) is 0 Å². The predicted molar refractivity (Wildman–Crippen MR) is 97.1 cm³/mol. The minimum absolute atomic E-state index is 0.328. The second kappa shape index (κ2) is 5.87. The molecule has 2 aliphatic heterocycles. The number of carbonyl (C=O) groups excluding carboxylic acids is 1. The van der Waals surface area contributed by atoms with Gasteiger partial charge in [0.05, 0.1) is 6.26 Å². The molecule has 0 N–H and O–H groups in total. The first kappa shape index (κ1) is 15.4. The van der Waals surface area contributed by atoms with Crippen LogP contribution in [0.1, 0.15) is 44.1 Å². The van der Waals surface area contributed by atoms with Crippen LogP contribution in [0.25, 0.3) is 11.0 Å². The predicted octanol–water partition coefficient (Wildman–Crippen LogP) is 3.80. The number of amides is 1. The summed E-state index contributed by atoms with van der Waals surface area (Å²) in [6.07, 6.45) is 8.56. The number of hydrogen-bond acceptors (Lipinski definition) is 3. The summed E-state index contributed by atoms with van der Waals surface area (Å²) in [5.74, 6) is 0.399. The number of hydrogen-bond donors (Lipinski definition) is 0. The van der Waals surface area contributed by atoms with E-state index in [4.69, 9.17) is 4.42 Å². The maximum absolute atomic E-state index is 12.3. The zero-order chi connectivity index (χ0) is 16.9. The van der Waals surface area contributed by atoms with Crippen molar-refractivity contribution in [2.75, 3.05) is 19.6 Å². The molecule has 1 atom stereocenters. The Morgan fingerprint density at radius 1 is 1.16 bits per heavy atom. The smallest absolute Gasteiger partial charge is 0.222 e. The molecule has 1 amide bonds. The van der Waals surface area contributed by atoms with Crippen LogP contribution in [0.2, 0.25) is 0 Å². The van der Waals surface area contributed by atoms with E-state index in [0.29, 0.717) is 17.4 Å². The summed E-state index contributed by atoms with van der Waals surface area (Å²) in [5.41, 5.74) is 2.65. The Morgan fingerprint density at radius 2 is 2.08 bits per heavy atom. The number of benzene rings is 1. The first-order chi connectivity index (χ1) is 12.2. The van der Waals surface area contributed by atoms with E-state index in [1.165, 1.54) is 43.2 Å². The van der Waals surface area contributed by atoms with Crippen molar-refractivity contribution in [3.05, 3.63) is 36.1 Å². The molecule has 1 aromatic heterocycles. The summed E-state index contributed by atoms with van der Waals surface area (Å²) >= 11 is 0. The number of carbonyl (C=O) groups is 1. The molecule has 25 heavy (non-hydrogen) atoms. The Morgan fingerprint density at radius 3 is 2.96 bits per heavy atom. The molecule has 3 fully saturated rings. The Bertz CT molecular complexity index is 794. The van der Waals surface area contributed by atoms with Gasteiger partial charge in [0.15, 0.2) is 0 Å². The number of furan rings is 1. The Kier molecular flexibility index (Phi) is 3.63. The summed E-state index contributed by atoms with van der Waals surface area (Å²) in [6.45, 7) is 4.30. The quantitative estimate of drug-likeness (QED) is 0.854. The van der Waals surface area contributed by atoms with E-state index in [9.17, 15) is 4.79 Å². The van der Waals surface area contributed by atoms with Crippen molar-refractivity contribution < 1.29 is 9.21 Å². The van der Waals surface area contributed by atoms with Crippen molar-refractivity contribution >= 4 is 16.9 Å². The second-order valence-electron chi connectivity index (χ2n) is 8.36. The minimum atomic E-state index is 0.328. The number of nitrogens with zero attached hydrogens (tertiary/aromatic N) is 2. The highest BCUT2D eigenvalue weighted by Crippen LogP contribution is 2.42. The molecule has 1 spiro atoms. The van der Waals surface area contributed by atoms with E-state index in [1.54, 1.807) is 6.26 Å². The average molecular weight is 338 g/mol. The number of piperidine rings is 2. The molecule has 1 aliphatic carbocycles. The molecule has 132 valence electrons. The molecular formula is C21H26N2O2. The third kappa shape index (κ3) is 2.97. The van der Waals surface area contributed by atoms with Gasteiger partial charge in [0.1, 0.15) is 5.58 Å². The molecule has 1 aromatic carbocycles. The lowest BCUT2D eigenvalue weighted by atomic mass is 9.73. The third-order valence-electron chi connectivity index (χ3n) is 6.35. The highest BCUT2D eigenvalue weighted by atomic mass is 16.3. The largest absolute Gasteiger partial charge is 0.464 e. The van der Waals surface area contributed by atoms with Gasteiger partial charge in [-0.25, -0.2) is 0 Å². The highest BCUT2D eigenvalue weighted by molar-refractivity contribution is 5.78. The van der Waals surface area contributed by atoms with Gasteiger partial charge in [0, 0.05) is 42.9 Å². The van der Waals surface area contributed by atoms with E-state index in [0.717, 1.165) is 38.1 Å². The van der Waals surface area contributed by atoms with Crippen LogP contribution in [0.15, 0.2) is 34.9 Å². The summed E-state index contributed by atoms with van der Waals surface area (Å²) in [7, 11) is 0. The van der Waals surface area contributed by atoms with Gasteiger partial charge in [-0.1, -0.05) is 6.07 Å². The molecular weight excluding hydrogens is 312 g/mol. The molecule has 0 radical (unpaired) electrons. The van der Waals surface area contributed by atoms with E-state index < -0.39 is 0 Å². The van der Waals surface area contributed by atoms with Crippen LogP contribution < -0.4 is 0 Å². The van der Waals surface area contributed by atoms with E-state index in [1.807, 2.05) is 6.07 Å². The third-order valence-corrected chi connectivity index (χ3v) is 6.35. The Labute approximate surface area is 148 Å². The maximum atomic E-state index is 12.3. The lowest BCUT2D eigenvalue weighted by Crippen LogP contribution is -2.54. The summed E-state index contributed by atoms with van der Waals surface area (Å²) in [5, 5.41) is 1.19. The summed E-state index contributed by atoms with van der Waals surface area (Å²) < 4.78 is 5.45. The number of likely N-dealkylation sites (tertiary alicyclic amines) is 2. The zero-order valence-electron chi connectivity index (χ0n) is 14.7. The molecule has 4 nitrogen and oxygen atoms in total. The lowest BCUT2D eigenvalue weighted by molar-refractivity contribution is -0.140. The van der Waals surface area contributed by atoms with Gasteiger partial charge in [-0.2, -0.15) is 0 Å². The van der Waals surface area contributed by atoms with Gasteiger partial charge in [-0.05, 0) is 62.4 Å². The molecule has 1 saturated carbocycles. The Hall–Kier alpha value is -1.81. The van der Waals surface area contributed by atoms with E-state index in [-0.39, 0.29) is 0 Å². The minimum Gasteiger partial charge on any atom is -0.464 e. The van der Waals surface area contributed by atoms with Crippen LogP contribution in [-0.4, -0.2) is 41.4 Å². The number of fused-ring (bicyclic) bond motifs is 1. The molecule has 3 aliphatic rings. The van der Waals surface area contributed by atoms with Gasteiger partial charge in [-0.15, -0.1) is 0 Å². The van der Waals surface area contributed by atoms with Crippen LogP contribution in [-0.2, 0) is 11.3 Å². The fourth-order valence-corrected chi connectivity index (χ4v) is 4.91. The maximum Gasteiger partial charge on any atom is 0.222 e. The lowest BCUT2D eigenvalue weighted by Gasteiger charge is -2.48. The van der Waals surface area contributed by atoms with Crippen molar-refractivity contribution in [1.82, 2.24) is 9.80 Å². The summed E-state index contributed by atoms with van der Waals surface area (Å²) in [4.78, 5) is 17.1. The first-order valence-electron chi connectivity index (χ1n) is 9.69. The summed E-state index contributed by atoms with van der Waals surface area (Å²) in [6, 6.07) is 9.12. The monoisotopic (exact) mass is 338 g/mol. The van der Waals surface area contributed by atoms with Crippen molar-refractivity contribution in [3.63, 3.8) is 0 Å². The molecule has 0 unspecified atom stereocenters. The van der Waals surface area contributed by atoms with Crippen molar-refractivity contribution in [3.8, 4) is 0 Å². The average Bonchev–Trinajstić information content (AvgIpc) is 3.35. The SMILES string of the molecule is O=C1CC[C@]2(CCCN(Cc3ccc4occc4c3)C2)CN1C1CC1. The Balaban J connectivity index is 1.31. The fraction of sp³-hybridized carbons (Fsp3) is 0.571. The normalized spacial score (nSPS) is 28.2. The molecule has 2 saturated heterocycles. The topological polar surface area (TPSA) is 36.7 Å². The van der Waals surface area contributed by atoms with Gasteiger partial charge in [0.25, 0.3) is 0 Å². The fourth-order valence-electron chi connectivity index (χ4n) is 4.91. The van der Waals surface area contributed by atoms with Gasteiger partial charge >= 0.3 is 0 Å². The zero-order valence-corrected chi connectivity index (χ0v) is 14.7. The van der Waals surface area contributed by atoms with Crippen LogP contribution >= 0.6 is 0 Å².